The Bertz CT molecular complexity index is 898. The van der Waals surface area contributed by atoms with Gasteiger partial charge in [-0.05, 0) is 75.3 Å². The lowest BCUT2D eigenvalue weighted by Gasteiger charge is -2.28. The van der Waals surface area contributed by atoms with Crippen LogP contribution in [0.15, 0.2) is 18.3 Å². The minimum absolute atomic E-state index is 0.0215. The van der Waals surface area contributed by atoms with Gasteiger partial charge in [-0.25, -0.2) is 4.98 Å². The highest BCUT2D eigenvalue weighted by Crippen LogP contribution is 2.31. The van der Waals surface area contributed by atoms with E-state index in [-0.39, 0.29) is 17.4 Å². The Hall–Kier alpha value is -2.76. The van der Waals surface area contributed by atoms with Crippen LogP contribution in [0.3, 0.4) is 0 Å². The highest BCUT2D eigenvalue weighted by molar-refractivity contribution is 6.01. The summed E-state index contributed by atoms with van der Waals surface area (Å²) in [5.41, 5.74) is 6.86. The maximum Gasteiger partial charge on any atom is 0.308 e. The van der Waals surface area contributed by atoms with Crippen molar-refractivity contribution in [1.82, 2.24) is 0 Å². The summed E-state index contributed by atoms with van der Waals surface area (Å²) in [6.07, 6.45) is 2.99. The van der Waals surface area contributed by atoms with Crippen LogP contribution in [0.2, 0.25) is 0 Å². The Morgan fingerprint density at radius 1 is 1.00 bits per heavy atom. The fraction of sp³-hybridized carbons (Fsp3) is 0.455. The van der Waals surface area contributed by atoms with Gasteiger partial charge in [0.25, 0.3) is 5.82 Å². The zero-order valence-electron chi connectivity index (χ0n) is 17.3. The highest BCUT2D eigenvalue weighted by Gasteiger charge is 2.32. The van der Waals surface area contributed by atoms with E-state index in [0.29, 0.717) is 0 Å². The van der Waals surface area contributed by atoms with Crippen molar-refractivity contribution in [2.24, 2.45) is 5.92 Å². The second-order valence-electron chi connectivity index (χ2n) is 7.81. The first-order valence-corrected chi connectivity index (χ1v) is 9.74. The number of hydrogen-bond donors (Lipinski definition) is 0. The lowest BCUT2D eigenvalue weighted by molar-refractivity contribution is -0.414. The minimum atomic E-state index is -0.415. The third kappa shape index (κ3) is 3.51. The van der Waals surface area contributed by atoms with Crippen LogP contribution in [0.25, 0.3) is 0 Å². The van der Waals surface area contributed by atoms with Crippen LogP contribution >= 0.6 is 0 Å². The summed E-state index contributed by atoms with van der Waals surface area (Å²) in [7, 11) is 0. The van der Waals surface area contributed by atoms with Gasteiger partial charge >= 0.3 is 5.69 Å². The molecule has 2 aromatic rings. The second-order valence-corrected chi connectivity index (χ2v) is 7.81. The van der Waals surface area contributed by atoms with E-state index in [1.54, 1.807) is 6.07 Å². The number of Topliss-reactive ketones (excluding diaryl/α,β-unsaturated/α-hetero) is 1. The number of H-pyrrole nitrogens is 1. The number of pyridine rings is 1. The number of piperidine rings is 1. The number of anilines is 1. The number of carbonyl (C=O) groups is 1. The standard InChI is InChI=1S/C22H27N3O3/c1-13-14(2)16(4)21(17(5)15(13)3)22(26)18-8-10-24(11-9-18)20-7-6-19(12-23-20)25(27)28/h6-7,12,18H,8-11H2,1-5H3/p+1. The molecular formula is C22H28N3O3+. The lowest BCUT2D eigenvalue weighted by atomic mass is 9.81. The van der Waals surface area contributed by atoms with Crippen LogP contribution in [-0.2, 0) is 0 Å². The molecule has 1 fully saturated rings. The van der Waals surface area contributed by atoms with Gasteiger partial charge in [0.05, 0.1) is 18.0 Å². The SMILES string of the molecule is Cc1c(C)c(C)c(C(=O)C2CCN(c3ccc([N+](=O)[O-])c[nH+]3)CC2)c(C)c1C. The number of nitrogens with zero attached hydrogens (tertiary/aromatic N) is 2. The van der Waals surface area contributed by atoms with Crippen molar-refractivity contribution < 1.29 is 14.7 Å². The number of carbonyl (C=O) groups excluding carboxylic acids is 1. The summed E-state index contributed by atoms with van der Waals surface area (Å²) in [5, 5.41) is 10.8. The topological polar surface area (TPSA) is 77.6 Å². The molecule has 6 heteroatoms. The Morgan fingerprint density at radius 2 is 1.54 bits per heavy atom. The average molecular weight is 382 g/mol. The van der Waals surface area contributed by atoms with Crippen molar-refractivity contribution in [3.63, 3.8) is 0 Å². The average Bonchev–Trinajstić information content (AvgIpc) is 2.71. The van der Waals surface area contributed by atoms with Gasteiger partial charge in [0.1, 0.15) is 0 Å². The van der Waals surface area contributed by atoms with E-state index >= 15 is 0 Å². The number of nitrogens with one attached hydrogen (secondary N) is 1. The van der Waals surface area contributed by atoms with Crippen molar-refractivity contribution in [1.29, 1.82) is 0 Å². The van der Waals surface area contributed by atoms with Crippen LogP contribution in [0.5, 0.6) is 0 Å². The number of nitro groups is 1. The number of benzene rings is 1. The van der Waals surface area contributed by atoms with E-state index in [4.69, 9.17) is 0 Å². The van der Waals surface area contributed by atoms with Crippen LogP contribution in [-0.4, -0.2) is 23.8 Å². The molecule has 1 aromatic heterocycles. The summed E-state index contributed by atoms with van der Waals surface area (Å²) < 4.78 is 0. The van der Waals surface area contributed by atoms with Crippen LogP contribution < -0.4 is 9.88 Å². The predicted molar refractivity (Wildman–Crippen MR) is 109 cm³/mol. The van der Waals surface area contributed by atoms with Crippen molar-refractivity contribution in [2.45, 2.75) is 47.5 Å². The Kier molecular flexibility index (Phi) is 5.49. The minimum Gasteiger partial charge on any atom is -0.294 e. The fourth-order valence-corrected chi connectivity index (χ4v) is 4.17. The maximum absolute atomic E-state index is 13.3. The van der Waals surface area contributed by atoms with Crippen LogP contribution in [0, 0.1) is 50.7 Å². The fourth-order valence-electron chi connectivity index (χ4n) is 4.17. The predicted octanol–water partition coefficient (Wildman–Crippen LogP) is 4.05. The number of hydrogen-bond acceptors (Lipinski definition) is 4. The quantitative estimate of drug-likeness (QED) is 0.454. The van der Waals surface area contributed by atoms with Crippen molar-refractivity contribution in [3.05, 3.63) is 61.8 Å². The van der Waals surface area contributed by atoms with Gasteiger partial charge in [-0.3, -0.25) is 19.8 Å². The molecule has 28 heavy (non-hydrogen) atoms. The van der Waals surface area contributed by atoms with E-state index < -0.39 is 4.92 Å². The third-order valence-electron chi connectivity index (χ3n) is 6.44. The van der Waals surface area contributed by atoms with Gasteiger partial charge < -0.3 is 0 Å². The molecule has 1 saturated heterocycles. The van der Waals surface area contributed by atoms with Crippen molar-refractivity contribution in [2.75, 3.05) is 18.0 Å². The molecule has 148 valence electrons. The number of aromatic amines is 1. The smallest absolute Gasteiger partial charge is 0.294 e. The molecule has 1 aliphatic heterocycles. The first-order valence-electron chi connectivity index (χ1n) is 9.74. The lowest BCUT2D eigenvalue weighted by Crippen LogP contribution is -2.39. The summed E-state index contributed by atoms with van der Waals surface area (Å²) in [6.45, 7) is 11.9. The van der Waals surface area contributed by atoms with E-state index in [1.165, 1.54) is 29.0 Å². The third-order valence-corrected chi connectivity index (χ3v) is 6.44. The molecule has 6 nitrogen and oxygen atoms in total. The van der Waals surface area contributed by atoms with E-state index in [0.717, 1.165) is 48.4 Å². The highest BCUT2D eigenvalue weighted by atomic mass is 16.6. The monoisotopic (exact) mass is 382 g/mol. The molecule has 0 unspecified atom stereocenters. The van der Waals surface area contributed by atoms with Crippen molar-refractivity contribution in [3.8, 4) is 0 Å². The summed E-state index contributed by atoms with van der Waals surface area (Å²) in [5.74, 6) is 1.13. The molecule has 1 N–H and O–H groups in total. The molecule has 2 heterocycles. The van der Waals surface area contributed by atoms with Gasteiger partial charge in [-0.15, -0.1) is 0 Å². The number of ketones is 1. The van der Waals surface area contributed by atoms with Crippen molar-refractivity contribution >= 4 is 17.3 Å². The molecule has 0 spiro atoms. The van der Waals surface area contributed by atoms with E-state index in [1.807, 2.05) is 0 Å². The van der Waals surface area contributed by atoms with Crippen LogP contribution in [0.1, 0.15) is 51.0 Å². The molecule has 1 aromatic carbocycles. The normalized spacial score (nSPS) is 15.0. The molecule has 0 atom stereocenters. The molecule has 0 amide bonds. The zero-order chi connectivity index (χ0) is 20.6. The molecule has 0 aliphatic carbocycles. The van der Waals surface area contributed by atoms with Gasteiger partial charge in [-0.1, -0.05) is 0 Å². The Balaban J connectivity index is 1.75. The van der Waals surface area contributed by atoms with Gasteiger partial charge in [-0.2, -0.15) is 0 Å². The van der Waals surface area contributed by atoms with Crippen LogP contribution in [0.4, 0.5) is 11.5 Å². The Labute approximate surface area is 165 Å². The van der Waals surface area contributed by atoms with Gasteiger partial charge in [0.2, 0.25) is 0 Å². The van der Waals surface area contributed by atoms with E-state index in [9.17, 15) is 14.9 Å². The Morgan fingerprint density at radius 3 is 2.00 bits per heavy atom. The molecule has 0 bridgehead atoms. The largest absolute Gasteiger partial charge is 0.308 e. The van der Waals surface area contributed by atoms with E-state index in [2.05, 4.69) is 44.5 Å². The molecule has 1 aliphatic rings. The number of aromatic nitrogens is 1. The first kappa shape index (κ1) is 20.0. The first-order chi connectivity index (χ1) is 13.2. The maximum atomic E-state index is 13.3. The zero-order valence-corrected chi connectivity index (χ0v) is 17.3. The molecule has 3 rings (SSSR count). The summed E-state index contributed by atoms with van der Waals surface area (Å²) >= 11 is 0. The molecule has 0 saturated carbocycles. The number of rotatable bonds is 4. The second kappa shape index (κ2) is 7.70. The summed E-state index contributed by atoms with van der Waals surface area (Å²) in [4.78, 5) is 28.9. The van der Waals surface area contributed by atoms with Gasteiger partial charge in [0.15, 0.2) is 12.0 Å². The summed E-state index contributed by atoms with van der Waals surface area (Å²) in [6, 6.07) is 3.24. The van der Waals surface area contributed by atoms with Gasteiger partial charge in [0, 0.05) is 23.6 Å². The molecule has 0 radical (unpaired) electrons. The molecular weight excluding hydrogens is 354 g/mol.